The summed E-state index contributed by atoms with van der Waals surface area (Å²) in [5, 5.41) is 0. The van der Waals surface area contributed by atoms with Crippen molar-refractivity contribution in [2.75, 3.05) is 18.9 Å². The zero-order chi connectivity index (χ0) is 14.6. The molecule has 0 aliphatic carbocycles. The Labute approximate surface area is 113 Å². The third-order valence-electron chi connectivity index (χ3n) is 2.49. The van der Waals surface area contributed by atoms with E-state index in [1.54, 1.807) is 6.92 Å². The van der Waals surface area contributed by atoms with Gasteiger partial charge in [-0.1, -0.05) is 0 Å². The van der Waals surface area contributed by atoms with Crippen LogP contribution in [0.3, 0.4) is 0 Å². The molecule has 0 aliphatic heterocycles. The van der Waals surface area contributed by atoms with Crippen LogP contribution in [-0.4, -0.2) is 27.7 Å². The van der Waals surface area contributed by atoms with Crippen molar-refractivity contribution in [3.05, 3.63) is 23.5 Å². The summed E-state index contributed by atoms with van der Waals surface area (Å²) in [5.74, 6) is -0.596. The van der Waals surface area contributed by atoms with Crippen molar-refractivity contribution >= 4 is 15.7 Å². The van der Waals surface area contributed by atoms with Gasteiger partial charge in [0, 0.05) is 12.6 Å². The van der Waals surface area contributed by atoms with Crippen LogP contribution in [0.4, 0.5) is 10.1 Å². The number of hydrogen-bond acceptors (Lipinski definition) is 4. The van der Waals surface area contributed by atoms with Crippen molar-refractivity contribution in [1.82, 2.24) is 4.72 Å². The summed E-state index contributed by atoms with van der Waals surface area (Å²) >= 11 is 0. The molecule has 0 aliphatic rings. The first-order valence-corrected chi connectivity index (χ1v) is 7.42. The van der Waals surface area contributed by atoms with Crippen LogP contribution in [0.2, 0.25) is 0 Å². The summed E-state index contributed by atoms with van der Waals surface area (Å²) in [6.07, 6.45) is 0. The SMILES string of the molecule is CCOCC(C)NS(=O)(=O)c1cc(C)c(F)c(N)c1. The summed E-state index contributed by atoms with van der Waals surface area (Å²) in [6, 6.07) is 1.98. The van der Waals surface area contributed by atoms with Crippen molar-refractivity contribution in [3.63, 3.8) is 0 Å². The van der Waals surface area contributed by atoms with Crippen LogP contribution in [-0.2, 0) is 14.8 Å². The van der Waals surface area contributed by atoms with Gasteiger partial charge in [-0.15, -0.1) is 0 Å². The van der Waals surface area contributed by atoms with Crippen LogP contribution in [0.5, 0.6) is 0 Å². The molecule has 1 rings (SSSR count). The first-order chi connectivity index (χ1) is 8.77. The highest BCUT2D eigenvalue weighted by molar-refractivity contribution is 7.89. The smallest absolute Gasteiger partial charge is 0.240 e. The maximum absolute atomic E-state index is 13.4. The highest BCUT2D eigenvalue weighted by Gasteiger charge is 2.19. The van der Waals surface area contributed by atoms with Gasteiger partial charge in [-0.25, -0.2) is 17.5 Å². The maximum atomic E-state index is 13.4. The molecule has 1 aromatic carbocycles. The molecule has 5 nitrogen and oxygen atoms in total. The monoisotopic (exact) mass is 290 g/mol. The zero-order valence-electron chi connectivity index (χ0n) is 11.2. The Kier molecular flexibility index (Phi) is 5.28. The fourth-order valence-corrected chi connectivity index (χ4v) is 2.93. The lowest BCUT2D eigenvalue weighted by atomic mass is 10.2. The van der Waals surface area contributed by atoms with Gasteiger partial charge in [-0.3, -0.25) is 0 Å². The summed E-state index contributed by atoms with van der Waals surface area (Å²) < 4.78 is 45.1. The second kappa shape index (κ2) is 6.31. The predicted octanol–water partition coefficient (Wildman–Crippen LogP) is 1.42. The molecule has 0 heterocycles. The van der Waals surface area contributed by atoms with Crippen LogP contribution in [0.15, 0.2) is 17.0 Å². The van der Waals surface area contributed by atoms with E-state index < -0.39 is 15.8 Å². The van der Waals surface area contributed by atoms with E-state index in [1.165, 1.54) is 13.0 Å². The van der Waals surface area contributed by atoms with Gasteiger partial charge in [0.15, 0.2) is 0 Å². The topological polar surface area (TPSA) is 81.4 Å². The number of sulfonamides is 1. The van der Waals surface area contributed by atoms with Crippen molar-refractivity contribution in [3.8, 4) is 0 Å². The molecule has 0 amide bonds. The van der Waals surface area contributed by atoms with E-state index in [9.17, 15) is 12.8 Å². The molecule has 1 unspecified atom stereocenters. The molecule has 1 aromatic rings. The molecule has 0 saturated carbocycles. The number of nitrogens with one attached hydrogen (secondary N) is 1. The number of ether oxygens (including phenoxy) is 1. The number of nitrogens with two attached hydrogens (primary N) is 1. The Morgan fingerprint density at radius 2 is 2.11 bits per heavy atom. The van der Waals surface area contributed by atoms with Crippen molar-refractivity contribution in [2.24, 2.45) is 0 Å². The summed E-state index contributed by atoms with van der Waals surface area (Å²) in [4.78, 5) is -0.0488. The van der Waals surface area contributed by atoms with Crippen LogP contribution >= 0.6 is 0 Å². The van der Waals surface area contributed by atoms with E-state index in [0.29, 0.717) is 6.61 Å². The van der Waals surface area contributed by atoms with Gasteiger partial charge in [-0.05, 0) is 38.5 Å². The standard InChI is InChI=1S/C12H19FN2O3S/c1-4-18-7-9(3)15-19(16,17)10-5-8(2)12(13)11(14)6-10/h5-6,9,15H,4,7,14H2,1-3H3. The van der Waals surface area contributed by atoms with Gasteiger partial charge in [0.05, 0.1) is 17.2 Å². The van der Waals surface area contributed by atoms with Gasteiger partial charge >= 0.3 is 0 Å². The van der Waals surface area contributed by atoms with E-state index in [2.05, 4.69) is 4.72 Å². The lowest BCUT2D eigenvalue weighted by molar-refractivity contribution is 0.133. The number of benzene rings is 1. The fraction of sp³-hybridized carbons (Fsp3) is 0.500. The first kappa shape index (κ1) is 15.9. The van der Waals surface area contributed by atoms with Gasteiger partial charge < -0.3 is 10.5 Å². The van der Waals surface area contributed by atoms with Crippen LogP contribution < -0.4 is 10.5 Å². The molecule has 108 valence electrons. The van der Waals surface area contributed by atoms with E-state index in [1.807, 2.05) is 6.92 Å². The Morgan fingerprint density at radius 1 is 1.47 bits per heavy atom. The lowest BCUT2D eigenvalue weighted by Crippen LogP contribution is -2.36. The van der Waals surface area contributed by atoms with Gasteiger partial charge in [0.1, 0.15) is 5.82 Å². The number of halogens is 1. The van der Waals surface area contributed by atoms with Crippen molar-refractivity contribution in [1.29, 1.82) is 0 Å². The third-order valence-corrected chi connectivity index (χ3v) is 4.06. The molecular formula is C12H19FN2O3S. The second-order valence-corrected chi connectivity index (χ2v) is 6.04. The predicted molar refractivity (Wildman–Crippen MR) is 71.8 cm³/mol. The molecule has 0 bridgehead atoms. The molecule has 3 N–H and O–H groups in total. The van der Waals surface area contributed by atoms with Crippen molar-refractivity contribution < 1.29 is 17.5 Å². The normalized spacial score (nSPS) is 13.5. The molecule has 19 heavy (non-hydrogen) atoms. The lowest BCUT2D eigenvalue weighted by Gasteiger charge is -2.15. The number of rotatable bonds is 6. The van der Waals surface area contributed by atoms with Gasteiger partial charge in [0.2, 0.25) is 10.0 Å². The molecule has 0 fully saturated rings. The minimum Gasteiger partial charge on any atom is -0.396 e. The Morgan fingerprint density at radius 3 is 2.63 bits per heavy atom. The Balaban J connectivity index is 2.95. The number of aryl methyl sites for hydroxylation is 1. The van der Waals surface area contributed by atoms with E-state index in [-0.39, 0.29) is 28.8 Å². The van der Waals surface area contributed by atoms with Gasteiger partial charge in [-0.2, -0.15) is 0 Å². The summed E-state index contributed by atoms with van der Waals surface area (Å²) in [7, 11) is -3.73. The molecular weight excluding hydrogens is 271 g/mol. The maximum Gasteiger partial charge on any atom is 0.240 e. The molecule has 0 saturated heterocycles. The zero-order valence-corrected chi connectivity index (χ0v) is 12.1. The molecule has 0 spiro atoms. The fourth-order valence-electron chi connectivity index (χ4n) is 1.58. The van der Waals surface area contributed by atoms with E-state index in [0.717, 1.165) is 6.07 Å². The Bertz CT molecular complexity index is 523. The summed E-state index contributed by atoms with van der Waals surface area (Å²) in [6.45, 7) is 5.76. The largest absolute Gasteiger partial charge is 0.396 e. The van der Waals surface area contributed by atoms with Crippen LogP contribution in [0.25, 0.3) is 0 Å². The number of hydrogen-bond donors (Lipinski definition) is 2. The highest BCUT2D eigenvalue weighted by Crippen LogP contribution is 2.20. The number of nitrogen functional groups attached to an aromatic ring is 1. The third kappa shape index (κ3) is 4.15. The second-order valence-electron chi connectivity index (χ2n) is 4.33. The Hall–Kier alpha value is -1.18. The highest BCUT2D eigenvalue weighted by atomic mass is 32.2. The van der Waals surface area contributed by atoms with Crippen molar-refractivity contribution in [2.45, 2.75) is 31.7 Å². The summed E-state index contributed by atoms with van der Waals surface area (Å²) in [5.41, 5.74) is 5.45. The molecule has 1 atom stereocenters. The average molecular weight is 290 g/mol. The van der Waals surface area contributed by atoms with E-state index in [4.69, 9.17) is 10.5 Å². The first-order valence-electron chi connectivity index (χ1n) is 5.93. The average Bonchev–Trinajstić information content (AvgIpc) is 2.32. The minimum absolute atomic E-state index is 0.0488. The number of anilines is 1. The quantitative estimate of drug-likeness (QED) is 0.776. The molecule has 0 aromatic heterocycles. The van der Waals surface area contributed by atoms with Crippen LogP contribution in [0, 0.1) is 12.7 Å². The van der Waals surface area contributed by atoms with Gasteiger partial charge in [0.25, 0.3) is 0 Å². The van der Waals surface area contributed by atoms with E-state index >= 15 is 0 Å². The van der Waals surface area contributed by atoms with Crippen LogP contribution in [0.1, 0.15) is 19.4 Å². The molecule has 7 heteroatoms. The minimum atomic E-state index is -3.73. The molecule has 0 radical (unpaired) electrons.